The average Bonchev–Trinajstić information content (AvgIpc) is 3.54. The van der Waals surface area contributed by atoms with Crippen molar-refractivity contribution in [3.63, 3.8) is 0 Å². The third kappa shape index (κ3) is 4.49. The molecule has 4 fully saturated rings. The summed E-state index contributed by atoms with van der Waals surface area (Å²) < 4.78 is 60.5. The maximum atomic E-state index is 17.7. The lowest BCUT2D eigenvalue weighted by molar-refractivity contribution is -0.232. The minimum absolute atomic E-state index is 0.0161. The van der Waals surface area contributed by atoms with Crippen LogP contribution in [0.3, 0.4) is 0 Å². The maximum absolute atomic E-state index is 17.7. The topological polar surface area (TPSA) is 119 Å². The molecule has 7 rings (SSSR count). The standard InChI is InChI=1S/C36H38F3NO6S/c1-33-9-8-23(42)13-26(33)27(38)14-25-24-15-30-36(32(44)47-18-37,34(24,2)16-29(43)35(25,33)39)46-31(45-30)21-5-3-4-19(11-21)10-20-6-7-28(40)22(12-20)17-41/h3-9,11-13,24-25,27,29-31,41,43H,10,14-18,40H2,1-2H3/t24-,25-,27-,29-,30+,31+,33-,34-,35-,36-/m0/s1. The Labute approximate surface area is 275 Å². The number of thioether (sulfide) groups is 1. The number of aliphatic hydroxyl groups excluding tert-OH is 2. The minimum Gasteiger partial charge on any atom is -0.398 e. The highest BCUT2D eigenvalue weighted by Gasteiger charge is 2.80. The Bertz CT molecular complexity index is 1700. The molecule has 4 aliphatic carbocycles. The average molecular weight is 670 g/mol. The first-order valence-corrected chi connectivity index (χ1v) is 16.9. The summed E-state index contributed by atoms with van der Waals surface area (Å²) in [5.74, 6) is -2.11. The highest BCUT2D eigenvalue weighted by atomic mass is 32.2. The normalized spacial score (nSPS) is 40.3. The van der Waals surface area contributed by atoms with E-state index in [0.717, 1.165) is 17.2 Å². The fourth-order valence-electron chi connectivity index (χ4n) is 9.59. The van der Waals surface area contributed by atoms with Gasteiger partial charge in [-0.05, 0) is 73.4 Å². The molecule has 0 radical (unpaired) electrons. The molecule has 250 valence electrons. The van der Waals surface area contributed by atoms with Gasteiger partial charge >= 0.3 is 0 Å². The van der Waals surface area contributed by atoms with Gasteiger partial charge in [-0.15, -0.1) is 0 Å². The Kier molecular flexibility index (Phi) is 7.83. The number of carbonyl (C=O) groups excluding carboxylic acids is 2. The monoisotopic (exact) mass is 669 g/mol. The van der Waals surface area contributed by atoms with Gasteiger partial charge in [-0.25, -0.2) is 13.2 Å². The second-order valence-electron chi connectivity index (χ2n) is 14.1. The van der Waals surface area contributed by atoms with Crippen LogP contribution in [-0.4, -0.2) is 56.8 Å². The van der Waals surface area contributed by atoms with Gasteiger partial charge in [-0.3, -0.25) is 9.59 Å². The van der Waals surface area contributed by atoms with Crippen LogP contribution in [0.4, 0.5) is 18.9 Å². The summed E-state index contributed by atoms with van der Waals surface area (Å²) in [4.78, 5) is 26.2. The maximum Gasteiger partial charge on any atom is 0.226 e. The number of hydrogen-bond acceptors (Lipinski definition) is 8. The fourth-order valence-corrected chi connectivity index (χ4v) is 10.3. The number of alkyl halides is 3. The molecule has 1 saturated heterocycles. The second-order valence-corrected chi connectivity index (χ2v) is 14.9. The molecule has 3 saturated carbocycles. The number of carbonyl (C=O) groups is 2. The number of ketones is 1. The molecule has 0 bridgehead atoms. The van der Waals surface area contributed by atoms with Crippen molar-refractivity contribution < 1.29 is 42.4 Å². The number of allylic oxidation sites excluding steroid dienone is 4. The Morgan fingerprint density at radius 1 is 1.13 bits per heavy atom. The number of anilines is 1. The van der Waals surface area contributed by atoms with Crippen LogP contribution >= 0.6 is 11.8 Å². The summed E-state index contributed by atoms with van der Waals surface area (Å²) >= 11 is 0.456. The van der Waals surface area contributed by atoms with Crippen LogP contribution in [0.25, 0.3) is 0 Å². The second kappa shape index (κ2) is 11.3. The van der Waals surface area contributed by atoms with E-state index >= 15 is 8.78 Å². The highest BCUT2D eigenvalue weighted by Crippen LogP contribution is 2.73. The molecule has 1 heterocycles. The van der Waals surface area contributed by atoms with Crippen molar-refractivity contribution in [2.24, 2.45) is 22.7 Å². The molecule has 0 aromatic heterocycles. The zero-order chi connectivity index (χ0) is 33.5. The number of nitrogens with two attached hydrogens (primary N) is 1. The van der Waals surface area contributed by atoms with E-state index in [0.29, 0.717) is 35.0 Å². The van der Waals surface area contributed by atoms with Crippen molar-refractivity contribution in [3.8, 4) is 0 Å². The third-order valence-electron chi connectivity index (χ3n) is 11.9. The van der Waals surface area contributed by atoms with Gasteiger partial charge in [0.2, 0.25) is 5.12 Å². The first kappa shape index (κ1) is 32.6. The van der Waals surface area contributed by atoms with Crippen LogP contribution in [0.15, 0.2) is 66.3 Å². The van der Waals surface area contributed by atoms with Gasteiger partial charge in [-0.2, -0.15) is 0 Å². The highest BCUT2D eigenvalue weighted by molar-refractivity contribution is 8.13. The molecule has 0 amide bonds. The van der Waals surface area contributed by atoms with E-state index < -0.39 is 75.5 Å². The number of aliphatic hydroxyl groups is 2. The molecule has 0 unspecified atom stereocenters. The zero-order valence-corrected chi connectivity index (χ0v) is 26.9. The summed E-state index contributed by atoms with van der Waals surface area (Å²) in [6.45, 7) is 3.09. The van der Waals surface area contributed by atoms with Gasteiger partial charge in [0.25, 0.3) is 0 Å². The number of benzene rings is 2. The largest absolute Gasteiger partial charge is 0.398 e. The number of ether oxygens (including phenoxy) is 2. The van der Waals surface area contributed by atoms with Crippen LogP contribution in [0.1, 0.15) is 61.7 Å². The molecule has 4 N–H and O–H groups in total. The summed E-state index contributed by atoms with van der Waals surface area (Å²) in [7, 11) is 0. The van der Waals surface area contributed by atoms with Crippen LogP contribution < -0.4 is 5.73 Å². The van der Waals surface area contributed by atoms with Crippen molar-refractivity contribution in [2.75, 3.05) is 11.7 Å². The van der Waals surface area contributed by atoms with E-state index in [1.54, 1.807) is 19.1 Å². The van der Waals surface area contributed by atoms with Crippen LogP contribution in [-0.2, 0) is 32.1 Å². The summed E-state index contributed by atoms with van der Waals surface area (Å²) in [5, 5.41) is 20.8. The first-order valence-electron chi connectivity index (χ1n) is 15.9. The first-order chi connectivity index (χ1) is 22.3. The van der Waals surface area contributed by atoms with Gasteiger partial charge in [0, 0.05) is 33.6 Å². The van der Waals surface area contributed by atoms with E-state index in [1.807, 2.05) is 30.3 Å². The molecule has 1 aliphatic heterocycles. The van der Waals surface area contributed by atoms with Crippen molar-refractivity contribution in [3.05, 3.63) is 88.5 Å². The molecule has 2 aromatic rings. The van der Waals surface area contributed by atoms with Gasteiger partial charge in [-0.1, -0.05) is 61.2 Å². The minimum atomic E-state index is -2.33. The molecule has 11 heteroatoms. The van der Waals surface area contributed by atoms with Crippen LogP contribution in [0.2, 0.25) is 0 Å². The number of halogens is 3. The molecule has 5 aliphatic rings. The number of hydrogen-bond donors (Lipinski definition) is 3. The van der Waals surface area contributed by atoms with E-state index in [2.05, 4.69) is 0 Å². The number of nitrogen functional groups attached to an aromatic ring is 1. The Hall–Kier alpha value is -2.96. The van der Waals surface area contributed by atoms with Crippen molar-refractivity contribution in [1.29, 1.82) is 0 Å². The lowest BCUT2D eigenvalue weighted by atomic mass is 9.44. The summed E-state index contributed by atoms with van der Waals surface area (Å²) in [6, 6.07) is 11.9. The molecule has 47 heavy (non-hydrogen) atoms. The molecular weight excluding hydrogens is 631 g/mol. The third-order valence-corrected chi connectivity index (χ3v) is 12.5. The predicted octanol–water partition coefficient (Wildman–Crippen LogP) is 5.62. The van der Waals surface area contributed by atoms with Gasteiger partial charge in [0.1, 0.15) is 12.2 Å². The van der Waals surface area contributed by atoms with E-state index in [1.165, 1.54) is 19.1 Å². The lowest BCUT2D eigenvalue weighted by Crippen LogP contribution is -2.70. The smallest absolute Gasteiger partial charge is 0.226 e. The number of fused-ring (bicyclic) bond motifs is 7. The molecule has 10 atom stereocenters. The predicted molar refractivity (Wildman–Crippen MR) is 170 cm³/mol. The molecular formula is C36H38F3NO6S. The SMILES string of the molecule is C[C@]12C=CC(=O)C=C1[C@@H](F)C[C@H]1[C@@H]3C[C@H]4O[C@@H](c5cccc(Cc6ccc(N)c(CO)c6)c5)O[C@@]4(C(=O)SCF)[C@@]3(C)C[C@H](O)[C@@]12F. The van der Waals surface area contributed by atoms with Crippen LogP contribution in [0.5, 0.6) is 0 Å². The Morgan fingerprint density at radius 2 is 1.89 bits per heavy atom. The Balaban J connectivity index is 1.23. The van der Waals surface area contributed by atoms with E-state index in [4.69, 9.17) is 15.2 Å². The molecule has 7 nitrogen and oxygen atoms in total. The van der Waals surface area contributed by atoms with Crippen molar-refractivity contribution in [1.82, 2.24) is 0 Å². The molecule has 0 spiro atoms. The molecule has 2 aromatic carbocycles. The van der Waals surface area contributed by atoms with Crippen molar-refractivity contribution in [2.45, 2.75) is 82.1 Å². The zero-order valence-electron chi connectivity index (χ0n) is 26.1. The Morgan fingerprint density at radius 3 is 2.64 bits per heavy atom. The van der Waals surface area contributed by atoms with Crippen molar-refractivity contribution >= 4 is 28.3 Å². The van der Waals surface area contributed by atoms with E-state index in [-0.39, 0.29) is 31.4 Å². The number of rotatable bonds is 6. The summed E-state index contributed by atoms with van der Waals surface area (Å²) in [6.07, 6.45) is -1.26. The summed E-state index contributed by atoms with van der Waals surface area (Å²) in [5.41, 5.74) is 2.70. The van der Waals surface area contributed by atoms with Crippen LogP contribution in [0, 0.1) is 22.7 Å². The van der Waals surface area contributed by atoms with E-state index in [9.17, 15) is 24.2 Å². The van der Waals surface area contributed by atoms with Gasteiger partial charge < -0.3 is 25.4 Å². The van der Waals surface area contributed by atoms with Gasteiger partial charge in [0.15, 0.2) is 23.3 Å². The quantitative estimate of drug-likeness (QED) is 0.340. The fraction of sp³-hybridized carbons (Fsp3) is 0.500. The van der Waals surface area contributed by atoms with Gasteiger partial charge in [0.05, 0.1) is 18.8 Å². The lowest BCUT2D eigenvalue weighted by Gasteiger charge is -2.63.